The second kappa shape index (κ2) is 11.6. The first-order valence-electron chi connectivity index (χ1n) is 11.9. The van der Waals surface area contributed by atoms with E-state index in [4.69, 9.17) is 17.7 Å². The maximum atomic E-state index is 5.85. The molecule has 8 bridgehead atoms. The number of furan rings is 4. The van der Waals surface area contributed by atoms with Crippen LogP contribution in [-0.4, -0.2) is 0 Å². The van der Waals surface area contributed by atoms with Crippen molar-refractivity contribution in [1.29, 1.82) is 0 Å². The molecule has 1 aliphatic rings. The van der Waals surface area contributed by atoms with Gasteiger partial charge in [-0.1, -0.05) is 36.5 Å². The summed E-state index contributed by atoms with van der Waals surface area (Å²) in [5.41, 5.74) is 0. The molecule has 4 nitrogen and oxygen atoms in total. The Bertz CT molecular complexity index is 1370. The van der Waals surface area contributed by atoms with E-state index in [0.717, 1.165) is 58.9 Å². The van der Waals surface area contributed by atoms with Crippen LogP contribution in [0.15, 0.2) is 103 Å². The van der Waals surface area contributed by atoms with Crippen molar-refractivity contribution in [2.75, 3.05) is 0 Å². The summed E-state index contributed by atoms with van der Waals surface area (Å²) in [6.07, 6.45) is 29.2. The summed E-state index contributed by atoms with van der Waals surface area (Å²) in [4.78, 5) is 0. The first-order chi connectivity index (χ1) is 17.8. The average molecular weight is 475 g/mol. The number of rotatable bonds is 0. The Balaban J connectivity index is 1.33. The van der Waals surface area contributed by atoms with Gasteiger partial charge in [-0.05, 0) is 110 Å². The van der Waals surface area contributed by atoms with Crippen molar-refractivity contribution < 1.29 is 17.7 Å². The smallest absolute Gasteiger partial charge is 0.127 e. The molecule has 0 radical (unpaired) electrons. The van der Waals surface area contributed by atoms with E-state index in [1.54, 1.807) is 0 Å². The molecule has 0 unspecified atom stereocenters. The van der Waals surface area contributed by atoms with E-state index >= 15 is 0 Å². The van der Waals surface area contributed by atoms with Gasteiger partial charge in [0.25, 0.3) is 0 Å². The summed E-state index contributed by atoms with van der Waals surface area (Å²) in [5.74, 6) is 6.27. The second-order valence-corrected chi connectivity index (χ2v) is 8.11. The number of fused-ring (bicyclic) bond motifs is 8. The summed E-state index contributed by atoms with van der Waals surface area (Å²) < 4.78 is 23.3. The zero-order valence-electron chi connectivity index (χ0n) is 19.7. The van der Waals surface area contributed by atoms with Gasteiger partial charge in [0.1, 0.15) is 46.1 Å². The Morgan fingerprint density at radius 1 is 0.306 bits per heavy atom. The van der Waals surface area contributed by atoms with Gasteiger partial charge >= 0.3 is 0 Å². The topological polar surface area (TPSA) is 52.6 Å². The Morgan fingerprint density at radius 2 is 0.583 bits per heavy atom. The van der Waals surface area contributed by atoms with Crippen molar-refractivity contribution >= 4 is 48.6 Å². The van der Waals surface area contributed by atoms with E-state index < -0.39 is 0 Å². The lowest BCUT2D eigenvalue weighted by atomic mass is 10.2. The van der Waals surface area contributed by atoms with E-state index in [1.807, 2.05) is 121 Å². The van der Waals surface area contributed by atoms with Crippen LogP contribution < -0.4 is 0 Å². The molecule has 0 amide bonds. The van der Waals surface area contributed by atoms with Crippen molar-refractivity contribution in [2.45, 2.75) is 12.8 Å². The molecule has 178 valence electrons. The zero-order chi connectivity index (χ0) is 24.4. The Morgan fingerprint density at radius 3 is 0.917 bits per heavy atom. The Hall–Kier alpha value is -4.70. The lowest BCUT2D eigenvalue weighted by Crippen LogP contribution is -1.68. The fourth-order valence-corrected chi connectivity index (χ4v) is 3.54. The predicted octanol–water partition coefficient (Wildman–Crippen LogP) is 9.50. The molecule has 0 saturated carbocycles. The Labute approximate surface area is 210 Å². The van der Waals surface area contributed by atoms with E-state index in [2.05, 4.69) is 12.2 Å². The maximum absolute atomic E-state index is 5.85. The second-order valence-electron chi connectivity index (χ2n) is 8.11. The highest BCUT2D eigenvalue weighted by atomic mass is 16.4. The number of allylic oxidation sites excluding steroid dienone is 6. The van der Waals surface area contributed by atoms with E-state index in [9.17, 15) is 0 Å². The van der Waals surface area contributed by atoms with Crippen molar-refractivity contribution in [3.05, 3.63) is 131 Å². The summed E-state index contributed by atoms with van der Waals surface area (Å²) >= 11 is 0. The molecule has 5 heterocycles. The van der Waals surface area contributed by atoms with Crippen LogP contribution in [-0.2, 0) is 0 Å². The van der Waals surface area contributed by atoms with Gasteiger partial charge in [0.2, 0.25) is 0 Å². The highest BCUT2D eigenvalue weighted by molar-refractivity contribution is 5.67. The highest BCUT2D eigenvalue weighted by Crippen LogP contribution is 2.18. The monoisotopic (exact) mass is 474 g/mol. The minimum atomic E-state index is 0.762. The molecule has 36 heavy (non-hydrogen) atoms. The number of hydrogen-bond donors (Lipinski definition) is 0. The van der Waals surface area contributed by atoms with Crippen LogP contribution in [0.2, 0.25) is 0 Å². The van der Waals surface area contributed by atoms with Gasteiger partial charge < -0.3 is 17.7 Å². The van der Waals surface area contributed by atoms with Crippen LogP contribution in [0.25, 0.3) is 48.6 Å². The molecule has 0 N–H and O–H groups in total. The minimum absolute atomic E-state index is 0.762. The molecule has 4 aromatic rings. The molecular formula is C32H26O4. The van der Waals surface area contributed by atoms with Gasteiger partial charge in [0, 0.05) is 0 Å². The Kier molecular flexibility index (Phi) is 7.45. The third kappa shape index (κ3) is 6.67. The normalized spacial score (nSPS) is 20.4. The molecule has 4 aromatic heterocycles. The van der Waals surface area contributed by atoms with Crippen LogP contribution in [0.5, 0.6) is 0 Å². The van der Waals surface area contributed by atoms with Gasteiger partial charge in [0.05, 0.1) is 0 Å². The molecule has 0 aromatic carbocycles. The van der Waals surface area contributed by atoms with Crippen LogP contribution in [0, 0.1) is 0 Å². The van der Waals surface area contributed by atoms with Gasteiger partial charge in [-0.2, -0.15) is 0 Å². The third-order valence-electron chi connectivity index (χ3n) is 5.33. The highest BCUT2D eigenvalue weighted by Gasteiger charge is 2.00. The molecule has 0 saturated heterocycles. The summed E-state index contributed by atoms with van der Waals surface area (Å²) in [7, 11) is 0. The average Bonchev–Trinajstić information content (AvgIpc) is 3.69. The fourth-order valence-electron chi connectivity index (χ4n) is 3.54. The quantitative estimate of drug-likeness (QED) is 0.255. The first kappa shape index (κ1) is 23.1. The van der Waals surface area contributed by atoms with Crippen molar-refractivity contribution in [3.63, 3.8) is 0 Å². The predicted molar refractivity (Wildman–Crippen MR) is 147 cm³/mol. The molecule has 1 aliphatic heterocycles. The molecule has 0 atom stereocenters. The summed E-state index contributed by atoms with van der Waals surface area (Å²) in [6, 6.07) is 15.5. The van der Waals surface area contributed by atoms with Crippen molar-refractivity contribution in [3.8, 4) is 0 Å². The molecule has 4 heteroatoms. The summed E-state index contributed by atoms with van der Waals surface area (Å²) in [5, 5.41) is 0. The third-order valence-corrected chi connectivity index (χ3v) is 5.33. The number of hydrogen-bond acceptors (Lipinski definition) is 4. The zero-order valence-corrected chi connectivity index (χ0v) is 19.7. The standard InChI is InChI=1S/C32H26O4/c1-2-6-10-26-14-18-30(34-26)23-24-32-20-16-28(36-32)12-8-4-3-7-11-27-15-19-31(35-27)22-21-29-17-13-25(33-29)9-5-1/h1-2,5-24H,3-4H2/b2-1-,9-5-,10-6-,11-7-,12-8-,22-21-,24-23-. The van der Waals surface area contributed by atoms with Crippen LogP contribution in [0.3, 0.4) is 0 Å². The van der Waals surface area contributed by atoms with Gasteiger partial charge in [-0.25, -0.2) is 0 Å². The van der Waals surface area contributed by atoms with Crippen LogP contribution >= 0.6 is 0 Å². The van der Waals surface area contributed by atoms with Crippen molar-refractivity contribution in [2.24, 2.45) is 0 Å². The minimum Gasteiger partial charge on any atom is -0.457 e. The molecule has 0 spiro atoms. The lowest BCUT2D eigenvalue weighted by molar-refractivity contribution is 0.542. The van der Waals surface area contributed by atoms with Crippen molar-refractivity contribution in [1.82, 2.24) is 0 Å². The molecule has 0 aliphatic carbocycles. The van der Waals surface area contributed by atoms with Crippen LogP contribution in [0.4, 0.5) is 0 Å². The molecule has 0 fully saturated rings. The fraction of sp³-hybridized carbons (Fsp3) is 0.0625. The first-order valence-corrected chi connectivity index (χ1v) is 11.9. The lowest BCUT2D eigenvalue weighted by Gasteiger charge is -1.90. The van der Waals surface area contributed by atoms with Gasteiger partial charge in [-0.15, -0.1) is 0 Å². The van der Waals surface area contributed by atoms with E-state index in [1.165, 1.54) is 0 Å². The van der Waals surface area contributed by atoms with E-state index in [-0.39, 0.29) is 0 Å². The largest absolute Gasteiger partial charge is 0.457 e. The van der Waals surface area contributed by atoms with Gasteiger partial charge in [0.15, 0.2) is 0 Å². The SMILES string of the molecule is C1=C\C=C/c2ccc(o2)/C=C\c2ccc(o2)/C=C\CC/C=C\c2ccc(o2)/C=C\c2ccc(o2)\C=C/1. The summed E-state index contributed by atoms with van der Waals surface area (Å²) in [6.45, 7) is 0. The molecular weight excluding hydrogens is 448 g/mol. The van der Waals surface area contributed by atoms with Crippen LogP contribution in [0.1, 0.15) is 58.9 Å². The molecule has 5 rings (SSSR count). The maximum Gasteiger partial charge on any atom is 0.127 e. The van der Waals surface area contributed by atoms with E-state index in [0.29, 0.717) is 0 Å². The van der Waals surface area contributed by atoms with Gasteiger partial charge in [-0.3, -0.25) is 0 Å².